The molecule has 0 radical (unpaired) electrons. The molecule has 2 rings (SSSR count). The maximum atomic E-state index is 11.2. The van der Waals surface area contributed by atoms with E-state index in [1.807, 2.05) is 6.07 Å². The molecule has 0 spiro atoms. The lowest BCUT2D eigenvalue weighted by atomic mass is 9.91. The third-order valence-corrected chi connectivity index (χ3v) is 3.87. The molecule has 0 saturated heterocycles. The number of nitriles is 1. The molecule has 2 atom stereocenters. The summed E-state index contributed by atoms with van der Waals surface area (Å²) >= 11 is 0. The van der Waals surface area contributed by atoms with Crippen LogP contribution in [0.25, 0.3) is 0 Å². The number of hydrogen-bond acceptors (Lipinski definition) is 5. The van der Waals surface area contributed by atoms with Gasteiger partial charge in [-0.15, -0.1) is 0 Å². The molecule has 0 bridgehead atoms. The first kappa shape index (κ1) is 14.3. The molecular weight excluding hydrogens is 258 g/mol. The molecule has 20 heavy (non-hydrogen) atoms. The summed E-state index contributed by atoms with van der Waals surface area (Å²) in [6, 6.07) is 6.21. The fourth-order valence-electron chi connectivity index (χ4n) is 2.76. The number of aliphatic hydroxyl groups excluding tert-OH is 1. The molecule has 0 heterocycles. The van der Waals surface area contributed by atoms with Crippen LogP contribution in [0.3, 0.4) is 0 Å². The second-order valence-electron chi connectivity index (χ2n) is 5.10. The van der Waals surface area contributed by atoms with Crippen LogP contribution in [0.15, 0.2) is 18.2 Å². The lowest BCUT2D eigenvalue weighted by Gasteiger charge is -2.36. The Kier molecular flexibility index (Phi) is 4.20. The number of nitro groups is 1. The van der Waals surface area contributed by atoms with Gasteiger partial charge in [-0.3, -0.25) is 10.1 Å². The molecule has 6 nitrogen and oxygen atoms in total. The Hall–Kier alpha value is -2.13. The second kappa shape index (κ2) is 5.88. The number of likely N-dealkylation sites (N-methyl/N-ethyl adjacent to an activating group) is 1. The van der Waals surface area contributed by atoms with Crippen molar-refractivity contribution in [2.45, 2.75) is 37.8 Å². The first-order valence-electron chi connectivity index (χ1n) is 6.64. The van der Waals surface area contributed by atoms with Crippen molar-refractivity contribution in [3.8, 4) is 6.07 Å². The Morgan fingerprint density at radius 1 is 1.45 bits per heavy atom. The third-order valence-electron chi connectivity index (χ3n) is 3.87. The summed E-state index contributed by atoms with van der Waals surface area (Å²) in [5, 5.41) is 30.1. The zero-order valence-corrected chi connectivity index (χ0v) is 11.3. The highest BCUT2D eigenvalue weighted by Gasteiger charge is 2.30. The van der Waals surface area contributed by atoms with E-state index >= 15 is 0 Å². The fourth-order valence-corrected chi connectivity index (χ4v) is 2.76. The molecule has 1 aliphatic rings. The van der Waals surface area contributed by atoms with Gasteiger partial charge in [-0.2, -0.15) is 5.26 Å². The van der Waals surface area contributed by atoms with Gasteiger partial charge in [0.05, 0.1) is 28.7 Å². The van der Waals surface area contributed by atoms with E-state index < -0.39 is 11.0 Å². The summed E-state index contributed by atoms with van der Waals surface area (Å²) in [6.07, 6.45) is 3.06. The first-order valence-corrected chi connectivity index (χ1v) is 6.64. The first-order chi connectivity index (χ1) is 9.54. The predicted molar refractivity (Wildman–Crippen MR) is 74.5 cm³/mol. The van der Waals surface area contributed by atoms with Crippen molar-refractivity contribution in [3.63, 3.8) is 0 Å². The van der Waals surface area contributed by atoms with Crippen LogP contribution in [-0.4, -0.2) is 29.2 Å². The van der Waals surface area contributed by atoms with Crippen LogP contribution in [-0.2, 0) is 0 Å². The Bertz CT molecular complexity index is 553. The normalized spacial score (nSPS) is 22.1. The van der Waals surface area contributed by atoms with Gasteiger partial charge in [0.2, 0.25) is 0 Å². The van der Waals surface area contributed by atoms with E-state index in [0.29, 0.717) is 5.69 Å². The van der Waals surface area contributed by atoms with Gasteiger partial charge in [0.25, 0.3) is 5.69 Å². The highest BCUT2D eigenvalue weighted by molar-refractivity contribution is 5.65. The van der Waals surface area contributed by atoms with E-state index in [1.165, 1.54) is 6.07 Å². The molecule has 1 aliphatic carbocycles. The number of aliphatic hydroxyl groups is 1. The lowest BCUT2D eigenvalue weighted by molar-refractivity contribution is -0.384. The largest absolute Gasteiger partial charge is 0.391 e. The monoisotopic (exact) mass is 275 g/mol. The van der Waals surface area contributed by atoms with Gasteiger partial charge >= 0.3 is 0 Å². The Morgan fingerprint density at radius 2 is 2.15 bits per heavy atom. The predicted octanol–water partition coefficient (Wildman–Crippen LogP) is 2.21. The van der Waals surface area contributed by atoms with E-state index in [2.05, 4.69) is 0 Å². The van der Waals surface area contributed by atoms with Crippen LogP contribution in [0.1, 0.15) is 31.2 Å². The smallest absolute Gasteiger partial charge is 0.293 e. The van der Waals surface area contributed by atoms with Crippen molar-refractivity contribution in [1.29, 1.82) is 5.26 Å². The van der Waals surface area contributed by atoms with Crippen LogP contribution in [0.2, 0.25) is 0 Å². The van der Waals surface area contributed by atoms with Crippen LogP contribution < -0.4 is 4.90 Å². The minimum Gasteiger partial charge on any atom is -0.391 e. The van der Waals surface area contributed by atoms with Crippen molar-refractivity contribution < 1.29 is 10.0 Å². The SMILES string of the molecule is CN(c1ccc(C#N)cc1[N+](=O)[O-])C1CCCCC1O. The molecule has 1 aromatic carbocycles. The average molecular weight is 275 g/mol. The minimum atomic E-state index is -0.484. The third kappa shape index (κ3) is 2.73. The Morgan fingerprint density at radius 3 is 2.75 bits per heavy atom. The summed E-state index contributed by atoms with van der Waals surface area (Å²) < 4.78 is 0. The summed E-state index contributed by atoms with van der Waals surface area (Å²) in [7, 11) is 1.76. The van der Waals surface area contributed by atoms with E-state index in [4.69, 9.17) is 5.26 Å². The van der Waals surface area contributed by atoms with E-state index in [0.717, 1.165) is 25.7 Å². The maximum Gasteiger partial charge on any atom is 0.293 e. The summed E-state index contributed by atoms with van der Waals surface area (Å²) in [6.45, 7) is 0. The summed E-state index contributed by atoms with van der Waals surface area (Å²) in [4.78, 5) is 12.4. The number of benzene rings is 1. The molecule has 1 fully saturated rings. The van der Waals surface area contributed by atoms with Gasteiger partial charge in [-0.25, -0.2) is 0 Å². The van der Waals surface area contributed by atoms with Gasteiger partial charge in [0, 0.05) is 13.1 Å². The molecule has 6 heteroatoms. The molecule has 1 saturated carbocycles. The molecule has 0 aliphatic heterocycles. The molecule has 1 N–H and O–H groups in total. The quantitative estimate of drug-likeness (QED) is 0.674. The maximum absolute atomic E-state index is 11.2. The van der Waals surface area contributed by atoms with E-state index in [1.54, 1.807) is 24.1 Å². The van der Waals surface area contributed by atoms with Crippen molar-refractivity contribution in [2.75, 3.05) is 11.9 Å². The molecule has 2 unspecified atom stereocenters. The van der Waals surface area contributed by atoms with Crippen molar-refractivity contribution >= 4 is 11.4 Å². The van der Waals surface area contributed by atoms with Gasteiger partial charge in [-0.1, -0.05) is 12.8 Å². The van der Waals surface area contributed by atoms with Crippen LogP contribution >= 0.6 is 0 Å². The van der Waals surface area contributed by atoms with Crippen LogP contribution in [0, 0.1) is 21.4 Å². The van der Waals surface area contributed by atoms with Crippen LogP contribution in [0.4, 0.5) is 11.4 Å². The molecule has 106 valence electrons. The zero-order chi connectivity index (χ0) is 14.7. The summed E-state index contributed by atoms with van der Waals surface area (Å²) in [5.74, 6) is 0. The highest BCUT2D eigenvalue weighted by Crippen LogP contribution is 2.33. The molecule has 0 aromatic heterocycles. The molecule has 1 aromatic rings. The van der Waals surface area contributed by atoms with Crippen molar-refractivity contribution in [2.24, 2.45) is 0 Å². The van der Waals surface area contributed by atoms with Gasteiger partial charge < -0.3 is 10.0 Å². The zero-order valence-electron chi connectivity index (χ0n) is 11.3. The number of nitrogens with zero attached hydrogens (tertiary/aromatic N) is 3. The van der Waals surface area contributed by atoms with Crippen molar-refractivity contribution in [1.82, 2.24) is 0 Å². The van der Waals surface area contributed by atoms with Gasteiger partial charge in [-0.05, 0) is 25.0 Å². The second-order valence-corrected chi connectivity index (χ2v) is 5.10. The topological polar surface area (TPSA) is 90.4 Å². The number of nitro benzene ring substituents is 1. The van der Waals surface area contributed by atoms with E-state index in [-0.39, 0.29) is 17.3 Å². The minimum absolute atomic E-state index is 0.0932. The number of rotatable bonds is 3. The van der Waals surface area contributed by atoms with E-state index in [9.17, 15) is 15.2 Å². The lowest BCUT2D eigenvalue weighted by Crippen LogP contribution is -2.43. The van der Waals surface area contributed by atoms with Gasteiger partial charge in [0.1, 0.15) is 5.69 Å². The standard InChI is InChI=1S/C14H17N3O3/c1-16(12-4-2-3-5-14(12)18)11-7-6-10(9-15)8-13(11)17(19)20/h6-8,12,14,18H,2-5H2,1H3. The van der Waals surface area contributed by atoms with Crippen molar-refractivity contribution in [3.05, 3.63) is 33.9 Å². The Labute approximate surface area is 117 Å². The van der Waals surface area contributed by atoms with Gasteiger partial charge in [0.15, 0.2) is 0 Å². The molecule has 0 amide bonds. The highest BCUT2D eigenvalue weighted by atomic mass is 16.6. The summed E-state index contributed by atoms with van der Waals surface area (Å²) in [5.41, 5.74) is 0.613. The molecular formula is C14H17N3O3. The fraction of sp³-hybridized carbons (Fsp3) is 0.500. The number of hydrogen-bond donors (Lipinski definition) is 1. The van der Waals surface area contributed by atoms with Crippen LogP contribution in [0.5, 0.6) is 0 Å². The average Bonchev–Trinajstić information content (AvgIpc) is 2.46. The number of anilines is 1. The Balaban J connectivity index is 2.36.